The maximum absolute atomic E-state index is 13.2. The second-order valence-electron chi connectivity index (χ2n) is 7.86. The van der Waals surface area contributed by atoms with E-state index >= 15 is 0 Å². The number of hydrogen-bond acceptors (Lipinski definition) is 7. The molecule has 0 saturated heterocycles. The molecule has 1 aromatic heterocycles. The average molecular weight is 451 g/mol. The fourth-order valence-corrected chi connectivity index (χ4v) is 3.56. The van der Waals surface area contributed by atoms with Gasteiger partial charge in [0.05, 0.1) is 19.1 Å². The van der Waals surface area contributed by atoms with Gasteiger partial charge in [-0.2, -0.15) is 0 Å². The van der Waals surface area contributed by atoms with Crippen LogP contribution in [0.2, 0.25) is 0 Å². The normalized spacial score (nSPS) is 13.8. The summed E-state index contributed by atoms with van der Waals surface area (Å²) in [6.45, 7) is 0. The number of nitrogens with zero attached hydrogens (tertiary/aromatic N) is 3. The maximum Gasteiger partial charge on any atom is 0.293 e. The van der Waals surface area contributed by atoms with Crippen molar-refractivity contribution in [3.05, 3.63) is 75.9 Å². The van der Waals surface area contributed by atoms with Crippen molar-refractivity contribution in [1.29, 1.82) is 0 Å². The fourth-order valence-electron chi connectivity index (χ4n) is 3.56. The zero-order chi connectivity index (χ0) is 23.5. The molecule has 1 fully saturated rings. The van der Waals surface area contributed by atoms with E-state index in [0.29, 0.717) is 28.6 Å². The number of anilines is 1. The van der Waals surface area contributed by atoms with Gasteiger partial charge in [0.25, 0.3) is 11.6 Å². The Morgan fingerprint density at radius 1 is 1.18 bits per heavy atom. The zero-order valence-electron chi connectivity index (χ0n) is 18.6. The molecule has 0 spiro atoms. The summed E-state index contributed by atoms with van der Waals surface area (Å²) >= 11 is 0. The summed E-state index contributed by atoms with van der Waals surface area (Å²) in [6, 6.07) is 9.35. The Bertz CT molecular complexity index is 1170. The number of nitro benzene ring substituents is 1. The van der Waals surface area contributed by atoms with Crippen molar-refractivity contribution in [1.82, 2.24) is 14.9 Å². The minimum Gasteiger partial charge on any atom is -0.497 e. The molecule has 2 aromatic carbocycles. The van der Waals surface area contributed by atoms with Crippen LogP contribution in [0.15, 0.2) is 48.8 Å². The fraction of sp³-hybridized carbons (Fsp3) is 0.304. The van der Waals surface area contributed by atoms with Gasteiger partial charge in [-0.25, -0.2) is 4.98 Å². The number of imidazole rings is 1. The summed E-state index contributed by atoms with van der Waals surface area (Å²) in [7, 11) is 4.91. The van der Waals surface area contributed by atoms with Gasteiger partial charge in [-0.15, -0.1) is 0 Å². The summed E-state index contributed by atoms with van der Waals surface area (Å²) in [5.41, 5.74) is 1.15. The minimum atomic E-state index is -0.648. The number of nitrogens with one attached hydrogen (secondary N) is 2. The Morgan fingerprint density at radius 3 is 2.42 bits per heavy atom. The molecule has 1 aliphatic carbocycles. The quantitative estimate of drug-likeness (QED) is 0.378. The molecule has 0 bridgehead atoms. The van der Waals surface area contributed by atoms with E-state index in [1.54, 1.807) is 61.5 Å². The number of rotatable bonds is 9. The molecule has 0 radical (unpaired) electrons. The van der Waals surface area contributed by atoms with Crippen LogP contribution in [0.4, 0.5) is 11.4 Å². The molecule has 1 saturated carbocycles. The molecule has 2 N–H and O–H groups in total. The third kappa shape index (κ3) is 4.89. The first-order valence-corrected chi connectivity index (χ1v) is 10.5. The molecule has 1 unspecified atom stereocenters. The number of nitro groups is 1. The molecular formula is C23H25N5O5. The Hall–Kier alpha value is -4.08. The first kappa shape index (κ1) is 22.1. The Balaban J connectivity index is 1.68. The predicted molar refractivity (Wildman–Crippen MR) is 122 cm³/mol. The van der Waals surface area contributed by atoms with Gasteiger partial charge in [-0.3, -0.25) is 14.9 Å². The van der Waals surface area contributed by atoms with Crippen LogP contribution in [0, 0.1) is 10.1 Å². The van der Waals surface area contributed by atoms with E-state index < -0.39 is 16.9 Å². The van der Waals surface area contributed by atoms with Gasteiger partial charge in [-0.05, 0) is 42.7 Å². The molecule has 10 heteroatoms. The number of methoxy groups -OCH3 is 2. The molecule has 172 valence electrons. The highest BCUT2D eigenvalue weighted by atomic mass is 16.6. The van der Waals surface area contributed by atoms with Gasteiger partial charge < -0.3 is 24.7 Å². The number of benzene rings is 2. The highest BCUT2D eigenvalue weighted by Crippen LogP contribution is 2.33. The zero-order valence-corrected chi connectivity index (χ0v) is 18.6. The molecule has 1 heterocycles. The number of aryl methyl sites for hydroxylation is 1. The Kier molecular flexibility index (Phi) is 6.16. The van der Waals surface area contributed by atoms with Crippen LogP contribution in [-0.2, 0) is 7.05 Å². The lowest BCUT2D eigenvalue weighted by Crippen LogP contribution is -2.31. The van der Waals surface area contributed by atoms with E-state index in [0.717, 1.165) is 12.8 Å². The number of aromatic nitrogens is 2. The maximum atomic E-state index is 13.2. The number of hydrogen-bond donors (Lipinski definition) is 2. The van der Waals surface area contributed by atoms with Crippen LogP contribution in [-0.4, -0.2) is 40.6 Å². The lowest BCUT2D eigenvalue weighted by Gasteiger charge is -2.21. The van der Waals surface area contributed by atoms with Gasteiger partial charge in [-0.1, -0.05) is 0 Å². The van der Waals surface area contributed by atoms with Crippen molar-refractivity contribution in [3.8, 4) is 11.5 Å². The van der Waals surface area contributed by atoms with Crippen LogP contribution < -0.4 is 20.1 Å². The van der Waals surface area contributed by atoms with Crippen molar-refractivity contribution in [3.63, 3.8) is 0 Å². The monoisotopic (exact) mass is 451 g/mol. The van der Waals surface area contributed by atoms with E-state index in [2.05, 4.69) is 15.6 Å². The average Bonchev–Trinajstić information content (AvgIpc) is 3.54. The number of carbonyl (C=O) groups is 1. The van der Waals surface area contributed by atoms with Gasteiger partial charge in [0.15, 0.2) is 0 Å². The second-order valence-corrected chi connectivity index (χ2v) is 7.86. The molecular weight excluding hydrogens is 426 g/mol. The highest BCUT2D eigenvalue weighted by molar-refractivity contribution is 5.96. The molecule has 33 heavy (non-hydrogen) atoms. The van der Waals surface area contributed by atoms with E-state index in [1.807, 2.05) is 7.05 Å². The van der Waals surface area contributed by atoms with E-state index in [4.69, 9.17) is 9.47 Å². The lowest BCUT2D eigenvalue weighted by molar-refractivity contribution is -0.384. The molecule has 1 atom stereocenters. The SMILES string of the molecule is COc1cc(OC)cc(C(NC(=O)c2ccc(NC3CC3)c([N+](=O)[O-])c2)c2nccn2C)c1. The smallest absolute Gasteiger partial charge is 0.293 e. The van der Waals surface area contributed by atoms with Crippen molar-refractivity contribution in [2.45, 2.75) is 24.9 Å². The third-order valence-electron chi connectivity index (χ3n) is 5.49. The van der Waals surface area contributed by atoms with E-state index in [9.17, 15) is 14.9 Å². The lowest BCUT2D eigenvalue weighted by atomic mass is 10.0. The molecule has 3 aromatic rings. The van der Waals surface area contributed by atoms with Gasteiger partial charge in [0, 0.05) is 43.2 Å². The van der Waals surface area contributed by atoms with Crippen LogP contribution in [0.3, 0.4) is 0 Å². The summed E-state index contributed by atoms with van der Waals surface area (Å²) in [6.07, 6.45) is 5.37. The molecule has 1 amide bonds. The largest absolute Gasteiger partial charge is 0.497 e. The van der Waals surface area contributed by atoms with Crippen molar-refractivity contribution in [2.24, 2.45) is 7.05 Å². The van der Waals surface area contributed by atoms with Crippen molar-refractivity contribution in [2.75, 3.05) is 19.5 Å². The predicted octanol–water partition coefficient (Wildman–Crippen LogP) is 3.44. The third-order valence-corrected chi connectivity index (χ3v) is 5.49. The van der Waals surface area contributed by atoms with Crippen LogP contribution >= 0.6 is 0 Å². The number of amides is 1. The summed E-state index contributed by atoms with van der Waals surface area (Å²) in [4.78, 5) is 28.7. The highest BCUT2D eigenvalue weighted by Gasteiger charge is 2.27. The van der Waals surface area contributed by atoms with Crippen LogP contribution in [0.5, 0.6) is 11.5 Å². The topological polar surface area (TPSA) is 121 Å². The first-order valence-electron chi connectivity index (χ1n) is 10.5. The second kappa shape index (κ2) is 9.19. The molecule has 10 nitrogen and oxygen atoms in total. The Labute approximate surface area is 190 Å². The van der Waals surface area contributed by atoms with E-state index in [1.165, 1.54) is 6.07 Å². The summed E-state index contributed by atoms with van der Waals surface area (Å²) in [5.74, 6) is 1.24. The van der Waals surface area contributed by atoms with Crippen molar-refractivity contribution < 1.29 is 19.2 Å². The molecule has 1 aliphatic rings. The van der Waals surface area contributed by atoms with Gasteiger partial charge in [0.1, 0.15) is 29.1 Å². The van der Waals surface area contributed by atoms with Crippen LogP contribution in [0.1, 0.15) is 40.6 Å². The summed E-state index contributed by atoms with van der Waals surface area (Å²) in [5, 5.41) is 17.7. The van der Waals surface area contributed by atoms with E-state index in [-0.39, 0.29) is 17.3 Å². The molecule has 0 aliphatic heterocycles. The van der Waals surface area contributed by atoms with Gasteiger partial charge in [0.2, 0.25) is 0 Å². The number of carbonyl (C=O) groups excluding carboxylic acids is 1. The van der Waals surface area contributed by atoms with Crippen LogP contribution in [0.25, 0.3) is 0 Å². The Morgan fingerprint density at radius 2 is 1.88 bits per heavy atom. The number of ether oxygens (including phenoxy) is 2. The van der Waals surface area contributed by atoms with Gasteiger partial charge >= 0.3 is 0 Å². The first-order chi connectivity index (χ1) is 15.9. The molecule has 4 rings (SSSR count). The minimum absolute atomic E-state index is 0.133. The van der Waals surface area contributed by atoms with Crippen molar-refractivity contribution >= 4 is 17.3 Å². The summed E-state index contributed by atoms with van der Waals surface area (Å²) < 4.78 is 12.5. The standard InChI is InChI=1S/C23H25N5O5/c1-27-9-8-24-22(27)21(15-10-17(32-2)13-18(11-15)33-3)26-23(29)14-4-7-19(25-16-5-6-16)20(12-14)28(30)31/h4,7-13,16,21,25H,5-6H2,1-3H3,(H,26,29).